The van der Waals surface area contributed by atoms with E-state index in [0.717, 1.165) is 45.3 Å². The highest BCUT2D eigenvalue weighted by molar-refractivity contribution is 5.78. The summed E-state index contributed by atoms with van der Waals surface area (Å²) >= 11 is 0. The molecule has 2 atom stereocenters. The predicted molar refractivity (Wildman–Crippen MR) is 85.3 cm³/mol. The molecular weight excluding hydrogens is 264 g/mol. The average Bonchev–Trinajstić information content (AvgIpc) is 2.52. The van der Waals surface area contributed by atoms with Gasteiger partial charge in [0.15, 0.2) is 0 Å². The van der Waals surface area contributed by atoms with Gasteiger partial charge >= 0.3 is 0 Å². The fourth-order valence-electron chi connectivity index (χ4n) is 3.65. The molecule has 0 spiro atoms. The molecule has 0 aromatic rings. The molecule has 4 heteroatoms. The van der Waals surface area contributed by atoms with Gasteiger partial charge in [-0.15, -0.1) is 0 Å². The molecule has 1 heterocycles. The minimum Gasteiger partial charge on any atom is -0.373 e. The van der Waals surface area contributed by atoms with Crippen molar-refractivity contribution in [3.63, 3.8) is 0 Å². The first-order valence-electron chi connectivity index (χ1n) is 8.80. The van der Waals surface area contributed by atoms with Crippen LogP contribution in [0.5, 0.6) is 0 Å². The average molecular weight is 296 g/mol. The molecule has 0 unspecified atom stereocenters. The van der Waals surface area contributed by atoms with Crippen molar-refractivity contribution < 1.29 is 9.53 Å². The summed E-state index contributed by atoms with van der Waals surface area (Å²) in [5, 5.41) is 6.60. The van der Waals surface area contributed by atoms with E-state index in [4.69, 9.17) is 4.74 Å². The van der Waals surface area contributed by atoms with E-state index >= 15 is 0 Å². The van der Waals surface area contributed by atoms with Crippen LogP contribution < -0.4 is 10.6 Å². The van der Waals surface area contributed by atoms with Crippen LogP contribution >= 0.6 is 0 Å². The van der Waals surface area contributed by atoms with Crippen molar-refractivity contribution in [2.24, 2.45) is 5.92 Å². The van der Waals surface area contributed by atoms with Gasteiger partial charge in [0.1, 0.15) is 0 Å². The summed E-state index contributed by atoms with van der Waals surface area (Å²) in [4.78, 5) is 12.4. The van der Waals surface area contributed by atoms with Gasteiger partial charge in [-0.25, -0.2) is 0 Å². The third-order valence-electron chi connectivity index (χ3n) is 4.96. The van der Waals surface area contributed by atoms with Crippen LogP contribution in [0.2, 0.25) is 0 Å². The maximum Gasteiger partial charge on any atom is 0.223 e. The van der Waals surface area contributed by atoms with Gasteiger partial charge in [-0.3, -0.25) is 4.79 Å². The molecule has 2 N–H and O–H groups in total. The highest BCUT2D eigenvalue weighted by Gasteiger charge is 2.34. The quantitative estimate of drug-likeness (QED) is 0.792. The van der Waals surface area contributed by atoms with E-state index in [1.165, 1.54) is 19.3 Å². The maximum absolute atomic E-state index is 12.4. The summed E-state index contributed by atoms with van der Waals surface area (Å²) < 4.78 is 6.15. The summed E-state index contributed by atoms with van der Waals surface area (Å²) in [6.07, 6.45) is 8.89. The standard InChI is InChI=1S/C17H32N2O2/c1-3-11-21-17(8-5-4-6-9-17)13-19-16(20)15-7-10-18-14(2)12-15/h14-15,18H,3-13H2,1-2H3,(H,19,20)/t14-,15-/m0/s1. The lowest BCUT2D eigenvalue weighted by molar-refractivity contribution is -0.129. The zero-order valence-electron chi connectivity index (χ0n) is 13.7. The number of ether oxygens (including phenoxy) is 1. The first-order valence-corrected chi connectivity index (χ1v) is 8.80. The maximum atomic E-state index is 12.4. The van der Waals surface area contributed by atoms with Crippen molar-refractivity contribution in [1.82, 2.24) is 10.6 Å². The van der Waals surface area contributed by atoms with Gasteiger partial charge in [-0.1, -0.05) is 26.2 Å². The Hall–Kier alpha value is -0.610. The molecule has 0 aromatic carbocycles. The largest absolute Gasteiger partial charge is 0.373 e. The minimum absolute atomic E-state index is 0.0948. The van der Waals surface area contributed by atoms with Crippen LogP contribution in [-0.4, -0.2) is 37.2 Å². The molecular formula is C17H32N2O2. The lowest BCUT2D eigenvalue weighted by atomic mass is 9.84. The Morgan fingerprint density at radius 1 is 1.33 bits per heavy atom. The number of rotatable bonds is 6. The summed E-state index contributed by atoms with van der Waals surface area (Å²) in [6.45, 7) is 6.76. The molecule has 1 aliphatic carbocycles. The molecule has 1 amide bonds. The number of piperidine rings is 1. The molecule has 2 rings (SSSR count). The number of amides is 1. The third-order valence-corrected chi connectivity index (χ3v) is 4.96. The predicted octanol–water partition coefficient (Wildman–Crippen LogP) is 2.62. The first kappa shape index (κ1) is 16.8. The van der Waals surface area contributed by atoms with E-state index in [0.29, 0.717) is 12.6 Å². The normalized spacial score (nSPS) is 29.0. The van der Waals surface area contributed by atoms with Crippen molar-refractivity contribution in [3.05, 3.63) is 0 Å². The van der Waals surface area contributed by atoms with Crippen molar-refractivity contribution in [2.75, 3.05) is 19.7 Å². The first-order chi connectivity index (χ1) is 10.2. The van der Waals surface area contributed by atoms with Gasteiger partial charge in [0.05, 0.1) is 5.60 Å². The third kappa shape index (κ3) is 4.96. The van der Waals surface area contributed by atoms with E-state index < -0.39 is 0 Å². The molecule has 2 aliphatic rings. The van der Waals surface area contributed by atoms with Gasteiger partial charge in [-0.05, 0) is 45.6 Å². The van der Waals surface area contributed by atoms with Gasteiger partial charge < -0.3 is 15.4 Å². The van der Waals surface area contributed by atoms with Crippen LogP contribution in [0.3, 0.4) is 0 Å². The lowest BCUT2D eigenvalue weighted by Gasteiger charge is -2.38. The van der Waals surface area contributed by atoms with Crippen LogP contribution in [0.25, 0.3) is 0 Å². The monoisotopic (exact) mass is 296 g/mol. The molecule has 0 bridgehead atoms. The van der Waals surface area contributed by atoms with E-state index in [1.807, 2.05) is 0 Å². The van der Waals surface area contributed by atoms with Crippen molar-refractivity contribution >= 4 is 5.91 Å². The highest BCUT2D eigenvalue weighted by Crippen LogP contribution is 2.31. The second-order valence-corrected chi connectivity index (χ2v) is 6.89. The van der Waals surface area contributed by atoms with Crippen LogP contribution in [-0.2, 0) is 9.53 Å². The fraction of sp³-hybridized carbons (Fsp3) is 0.941. The Balaban J connectivity index is 1.84. The number of nitrogens with one attached hydrogen (secondary N) is 2. The van der Waals surface area contributed by atoms with Crippen molar-refractivity contribution in [3.8, 4) is 0 Å². The lowest BCUT2D eigenvalue weighted by Crippen LogP contribution is -2.49. The zero-order chi connectivity index (χ0) is 15.1. The van der Waals surface area contributed by atoms with E-state index in [9.17, 15) is 4.79 Å². The second-order valence-electron chi connectivity index (χ2n) is 6.89. The Morgan fingerprint density at radius 2 is 2.10 bits per heavy atom. The molecule has 1 saturated heterocycles. The Kier molecular flexibility index (Phi) is 6.49. The van der Waals surface area contributed by atoms with Crippen LogP contribution in [0, 0.1) is 5.92 Å². The van der Waals surface area contributed by atoms with Crippen molar-refractivity contribution in [1.29, 1.82) is 0 Å². The Labute approximate surface area is 129 Å². The van der Waals surface area contributed by atoms with Gasteiger partial charge in [0, 0.05) is 25.1 Å². The van der Waals surface area contributed by atoms with Gasteiger partial charge in [-0.2, -0.15) is 0 Å². The molecule has 1 saturated carbocycles. The molecule has 122 valence electrons. The van der Waals surface area contributed by atoms with Crippen molar-refractivity contribution in [2.45, 2.75) is 76.9 Å². The molecule has 0 aromatic heterocycles. The van der Waals surface area contributed by atoms with E-state index in [1.54, 1.807) is 0 Å². The number of carbonyl (C=O) groups is 1. The molecule has 4 nitrogen and oxygen atoms in total. The second kappa shape index (κ2) is 8.14. The Bertz CT molecular complexity index is 327. The topological polar surface area (TPSA) is 50.4 Å². The van der Waals surface area contributed by atoms with E-state index in [2.05, 4.69) is 24.5 Å². The number of hydrogen-bond donors (Lipinski definition) is 2. The molecule has 2 fully saturated rings. The number of carbonyl (C=O) groups excluding carboxylic acids is 1. The zero-order valence-corrected chi connectivity index (χ0v) is 13.7. The van der Waals surface area contributed by atoms with Gasteiger partial charge in [0.25, 0.3) is 0 Å². The summed E-state index contributed by atoms with van der Waals surface area (Å²) in [5.41, 5.74) is -0.0948. The smallest absolute Gasteiger partial charge is 0.223 e. The van der Waals surface area contributed by atoms with Crippen LogP contribution in [0.1, 0.15) is 65.2 Å². The SMILES string of the molecule is CCCOC1(CNC(=O)[C@H]2CCN[C@@H](C)C2)CCCCC1. The summed E-state index contributed by atoms with van der Waals surface area (Å²) in [7, 11) is 0. The summed E-state index contributed by atoms with van der Waals surface area (Å²) in [5.74, 6) is 0.404. The minimum atomic E-state index is -0.0948. The molecule has 1 aliphatic heterocycles. The fourth-order valence-corrected chi connectivity index (χ4v) is 3.65. The van der Waals surface area contributed by atoms with Crippen LogP contribution in [0.4, 0.5) is 0 Å². The van der Waals surface area contributed by atoms with Gasteiger partial charge in [0.2, 0.25) is 5.91 Å². The number of hydrogen-bond acceptors (Lipinski definition) is 3. The van der Waals surface area contributed by atoms with Crippen LogP contribution in [0.15, 0.2) is 0 Å². The Morgan fingerprint density at radius 3 is 2.76 bits per heavy atom. The highest BCUT2D eigenvalue weighted by atomic mass is 16.5. The summed E-state index contributed by atoms with van der Waals surface area (Å²) in [6, 6.07) is 0.453. The molecule has 0 radical (unpaired) electrons. The van der Waals surface area contributed by atoms with E-state index in [-0.39, 0.29) is 17.4 Å². The molecule has 21 heavy (non-hydrogen) atoms.